The summed E-state index contributed by atoms with van der Waals surface area (Å²) < 4.78 is 5.25. The Hall–Kier alpha value is -1.88. The molecule has 2 rings (SSSR count). The lowest BCUT2D eigenvalue weighted by atomic mass is 10.3. The van der Waals surface area contributed by atoms with Crippen LogP contribution in [0.3, 0.4) is 0 Å². The van der Waals surface area contributed by atoms with Crippen molar-refractivity contribution in [2.24, 2.45) is 0 Å². The lowest BCUT2D eigenvalue weighted by Gasteiger charge is -2.13. The molecule has 0 saturated carbocycles. The summed E-state index contributed by atoms with van der Waals surface area (Å²) in [6.45, 7) is 2.46. The zero-order valence-corrected chi connectivity index (χ0v) is 9.92. The summed E-state index contributed by atoms with van der Waals surface area (Å²) in [6.07, 6.45) is 1.45. The molecule has 17 heavy (non-hydrogen) atoms. The van der Waals surface area contributed by atoms with Crippen molar-refractivity contribution in [3.05, 3.63) is 41.5 Å². The molecule has 90 valence electrons. The summed E-state index contributed by atoms with van der Waals surface area (Å²) in [5, 5.41) is 8.91. The maximum absolute atomic E-state index is 8.91. The topological polar surface area (TPSA) is 62.4 Å². The van der Waals surface area contributed by atoms with Crippen LogP contribution in [0.15, 0.2) is 28.9 Å². The summed E-state index contributed by atoms with van der Waals surface area (Å²) in [6, 6.07) is 6.37. The molecule has 0 aromatic carbocycles. The third kappa shape index (κ3) is 2.82. The minimum absolute atomic E-state index is 0.111. The van der Waals surface area contributed by atoms with E-state index in [1.807, 2.05) is 37.1 Å². The first-order valence-electron chi connectivity index (χ1n) is 5.38. The largest absolute Gasteiger partial charge is 0.432 e. The summed E-state index contributed by atoms with van der Waals surface area (Å²) in [4.78, 5) is 10.4. The molecular formula is C12H15N3O2. The second-order valence-corrected chi connectivity index (χ2v) is 3.91. The zero-order chi connectivity index (χ0) is 12.3. The molecule has 0 aliphatic heterocycles. The number of aliphatic hydroxyl groups is 1. The van der Waals surface area contributed by atoms with Crippen LogP contribution in [0.1, 0.15) is 17.1 Å². The van der Waals surface area contributed by atoms with Gasteiger partial charge in [-0.2, -0.15) is 4.98 Å². The van der Waals surface area contributed by atoms with Crippen LogP contribution in [0, 0.1) is 6.92 Å². The van der Waals surface area contributed by atoms with Gasteiger partial charge in [0.15, 0.2) is 0 Å². The molecular weight excluding hydrogens is 218 g/mol. The van der Waals surface area contributed by atoms with E-state index in [-0.39, 0.29) is 6.61 Å². The van der Waals surface area contributed by atoms with E-state index in [1.165, 1.54) is 6.26 Å². The van der Waals surface area contributed by atoms with Crippen LogP contribution in [-0.4, -0.2) is 22.1 Å². The summed E-state index contributed by atoms with van der Waals surface area (Å²) in [7, 11) is 1.87. The highest BCUT2D eigenvalue weighted by Gasteiger charge is 2.09. The Kier molecular flexibility index (Phi) is 3.39. The molecule has 1 N–H and O–H groups in total. The van der Waals surface area contributed by atoms with Gasteiger partial charge in [-0.05, 0) is 19.1 Å². The molecule has 0 bridgehead atoms. The molecule has 2 heterocycles. The minimum Gasteiger partial charge on any atom is -0.432 e. The molecule has 0 saturated heterocycles. The quantitative estimate of drug-likeness (QED) is 0.867. The molecule has 5 nitrogen and oxygen atoms in total. The lowest BCUT2D eigenvalue weighted by molar-refractivity contribution is 0.276. The van der Waals surface area contributed by atoms with E-state index in [4.69, 9.17) is 9.52 Å². The van der Waals surface area contributed by atoms with Crippen molar-refractivity contribution in [1.82, 2.24) is 9.97 Å². The standard InChI is InChI=1S/C12H15N3O2/c1-9-4-3-5-10(13-9)6-15(2)12-14-11(7-16)8-17-12/h3-5,8,16H,6-7H2,1-2H3. The second kappa shape index (κ2) is 4.97. The van der Waals surface area contributed by atoms with E-state index in [9.17, 15) is 0 Å². The number of oxazole rings is 1. The Labute approximate surface area is 99.7 Å². The van der Waals surface area contributed by atoms with Gasteiger partial charge in [-0.15, -0.1) is 0 Å². The van der Waals surface area contributed by atoms with E-state index >= 15 is 0 Å². The van der Waals surface area contributed by atoms with Gasteiger partial charge in [-0.3, -0.25) is 4.98 Å². The van der Waals surface area contributed by atoms with Crippen LogP contribution in [0.4, 0.5) is 6.01 Å². The van der Waals surface area contributed by atoms with Gasteiger partial charge >= 0.3 is 0 Å². The Morgan fingerprint density at radius 1 is 1.29 bits per heavy atom. The van der Waals surface area contributed by atoms with Gasteiger partial charge < -0.3 is 14.4 Å². The van der Waals surface area contributed by atoms with E-state index in [2.05, 4.69) is 9.97 Å². The first kappa shape index (κ1) is 11.6. The highest BCUT2D eigenvalue weighted by atomic mass is 16.4. The van der Waals surface area contributed by atoms with Crippen molar-refractivity contribution in [1.29, 1.82) is 0 Å². The summed E-state index contributed by atoms with van der Waals surface area (Å²) >= 11 is 0. The number of pyridine rings is 1. The first-order chi connectivity index (χ1) is 8.19. The fourth-order valence-corrected chi connectivity index (χ4v) is 1.54. The Balaban J connectivity index is 2.08. The number of anilines is 1. The number of nitrogens with zero attached hydrogens (tertiary/aromatic N) is 3. The smallest absolute Gasteiger partial charge is 0.297 e. The third-order valence-electron chi connectivity index (χ3n) is 2.37. The van der Waals surface area contributed by atoms with Crippen molar-refractivity contribution < 1.29 is 9.52 Å². The molecule has 2 aromatic rings. The van der Waals surface area contributed by atoms with Crippen molar-refractivity contribution >= 4 is 6.01 Å². The molecule has 0 amide bonds. The Morgan fingerprint density at radius 2 is 2.12 bits per heavy atom. The molecule has 0 aliphatic carbocycles. The van der Waals surface area contributed by atoms with Crippen molar-refractivity contribution in [2.45, 2.75) is 20.1 Å². The monoisotopic (exact) mass is 233 g/mol. The lowest BCUT2D eigenvalue weighted by Crippen LogP contribution is -2.17. The van der Waals surface area contributed by atoms with Gasteiger partial charge in [0.2, 0.25) is 0 Å². The predicted molar refractivity (Wildman–Crippen MR) is 63.5 cm³/mol. The Morgan fingerprint density at radius 3 is 2.76 bits per heavy atom. The second-order valence-electron chi connectivity index (χ2n) is 3.91. The van der Waals surface area contributed by atoms with Gasteiger partial charge in [-0.1, -0.05) is 6.07 Å². The SMILES string of the molecule is Cc1cccc(CN(C)c2nc(CO)co2)n1. The number of aliphatic hydroxyl groups excluding tert-OH is 1. The highest BCUT2D eigenvalue weighted by Crippen LogP contribution is 2.14. The van der Waals surface area contributed by atoms with Gasteiger partial charge in [-0.25, -0.2) is 0 Å². The third-order valence-corrected chi connectivity index (χ3v) is 2.37. The molecule has 0 unspecified atom stereocenters. The average Bonchev–Trinajstić information content (AvgIpc) is 2.77. The fraction of sp³-hybridized carbons (Fsp3) is 0.333. The summed E-state index contributed by atoms with van der Waals surface area (Å²) in [5.74, 6) is 0. The van der Waals surface area contributed by atoms with Crippen LogP contribution < -0.4 is 4.90 Å². The van der Waals surface area contributed by atoms with Crippen molar-refractivity contribution in [2.75, 3.05) is 11.9 Å². The molecule has 0 aliphatic rings. The number of aryl methyl sites for hydroxylation is 1. The zero-order valence-electron chi connectivity index (χ0n) is 9.92. The van der Waals surface area contributed by atoms with E-state index in [0.29, 0.717) is 18.3 Å². The first-order valence-corrected chi connectivity index (χ1v) is 5.38. The maximum atomic E-state index is 8.91. The van der Waals surface area contributed by atoms with Crippen LogP contribution in [0.25, 0.3) is 0 Å². The summed E-state index contributed by atoms with van der Waals surface area (Å²) in [5.41, 5.74) is 2.47. The number of hydrogen-bond acceptors (Lipinski definition) is 5. The van der Waals surface area contributed by atoms with E-state index in [1.54, 1.807) is 0 Å². The molecule has 0 spiro atoms. The van der Waals surface area contributed by atoms with Gasteiger partial charge in [0.25, 0.3) is 6.01 Å². The normalized spacial score (nSPS) is 10.5. The van der Waals surface area contributed by atoms with Gasteiger partial charge in [0, 0.05) is 12.7 Å². The fourth-order valence-electron chi connectivity index (χ4n) is 1.54. The van der Waals surface area contributed by atoms with E-state index in [0.717, 1.165) is 11.4 Å². The highest BCUT2D eigenvalue weighted by molar-refractivity contribution is 5.27. The van der Waals surface area contributed by atoms with Gasteiger partial charge in [0.1, 0.15) is 12.0 Å². The van der Waals surface area contributed by atoms with Crippen LogP contribution in [0.2, 0.25) is 0 Å². The average molecular weight is 233 g/mol. The number of aromatic nitrogens is 2. The van der Waals surface area contributed by atoms with Gasteiger partial charge in [0.05, 0.1) is 18.8 Å². The molecule has 0 fully saturated rings. The van der Waals surface area contributed by atoms with Crippen LogP contribution in [-0.2, 0) is 13.2 Å². The number of hydrogen-bond donors (Lipinski definition) is 1. The minimum atomic E-state index is -0.111. The Bertz CT molecular complexity index is 496. The van der Waals surface area contributed by atoms with Crippen molar-refractivity contribution in [3.63, 3.8) is 0 Å². The number of rotatable bonds is 4. The molecule has 0 atom stereocenters. The van der Waals surface area contributed by atoms with Crippen LogP contribution >= 0.6 is 0 Å². The maximum Gasteiger partial charge on any atom is 0.297 e. The molecule has 2 aromatic heterocycles. The van der Waals surface area contributed by atoms with E-state index < -0.39 is 0 Å². The van der Waals surface area contributed by atoms with Crippen LogP contribution in [0.5, 0.6) is 0 Å². The van der Waals surface area contributed by atoms with Crippen molar-refractivity contribution in [3.8, 4) is 0 Å². The molecule has 0 radical (unpaired) electrons. The predicted octanol–water partition coefficient (Wildman–Crippen LogP) is 1.51. The molecule has 5 heteroatoms.